The summed E-state index contributed by atoms with van der Waals surface area (Å²) in [6.07, 6.45) is 5.68. The molecule has 4 rings (SSSR count). The zero-order chi connectivity index (χ0) is 21.1. The van der Waals surface area contributed by atoms with Gasteiger partial charge in [-0.2, -0.15) is 0 Å². The molecule has 0 spiro atoms. The van der Waals surface area contributed by atoms with Crippen molar-refractivity contribution in [1.82, 2.24) is 20.3 Å². The van der Waals surface area contributed by atoms with Crippen LogP contribution in [-0.4, -0.2) is 47.1 Å². The smallest absolute Gasteiger partial charge is 0.257 e. The second kappa shape index (κ2) is 8.40. The molecular weight excluding hydrogens is 392 g/mol. The SMILES string of the molecule is COc1cc(F)c(C(=O)NC2CCN(c3nccc(-c4cccnc4)n3)C2)c(F)c1. The lowest BCUT2D eigenvalue weighted by Gasteiger charge is -2.18. The van der Waals surface area contributed by atoms with Gasteiger partial charge < -0.3 is 15.0 Å². The van der Waals surface area contributed by atoms with Gasteiger partial charge in [-0.05, 0) is 24.6 Å². The van der Waals surface area contributed by atoms with E-state index in [0.717, 1.165) is 23.4 Å². The van der Waals surface area contributed by atoms with Gasteiger partial charge in [0, 0.05) is 55.4 Å². The number of nitrogens with one attached hydrogen (secondary N) is 1. The highest BCUT2D eigenvalue weighted by molar-refractivity contribution is 5.95. The van der Waals surface area contributed by atoms with E-state index in [4.69, 9.17) is 4.74 Å². The molecule has 3 aromatic rings. The van der Waals surface area contributed by atoms with Crippen molar-refractivity contribution in [3.05, 3.63) is 66.1 Å². The maximum atomic E-state index is 14.2. The first-order valence-electron chi connectivity index (χ1n) is 9.37. The Morgan fingerprint density at radius 2 is 2.03 bits per heavy atom. The van der Waals surface area contributed by atoms with E-state index in [0.29, 0.717) is 25.5 Å². The van der Waals surface area contributed by atoms with Crippen molar-refractivity contribution < 1.29 is 18.3 Å². The van der Waals surface area contributed by atoms with E-state index in [1.807, 2.05) is 17.0 Å². The van der Waals surface area contributed by atoms with E-state index in [-0.39, 0.29) is 11.8 Å². The van der Waals surface area contributed by atoms with Gasteiger partial charge in [-0.1, -0.05) is 0 Å². The molecule has 2 aromatic heterocycles. The van der Waals surface area contributed by atoms with Crippen LogP contribution >= 0.6 is 0 Å². The number of rotatable bonds is 5. The quantitative estimate of drug-likeness (QED) is 0.696. The molecule has 154 valence electrons. The van der Waals surface area contributed by atoms with Crippen molar-refractivity contribution in [2.24, 2.45) is 0 Å². The third-order valence-electron chi connectivity index (χ3n) is 4.88. The first-order valence-corrected chi connectivity index (χ1v) is 9.37. The predicted molar refractivity (Wildman–Crippen MR) is 106 cm³/mol. The molecule has 1 saturated heterocycles. The van der Waals surface area contributed by atoms with Crippen molar-refractivity contribution in [2.75, 3.05) is 25.1 Å². The lowest BCUT2D eigenvalue weighted by atomic mass is 10.1. The Kier molecular flexibility index (Phi) is 5.51. The van der Waals surface area contributed by atoms with Crippen LogP contribution in [0.3, 0.4) is 0 Å². The van der Waals surface area contributed by atoms with Gasteiger partial charge in [-0.15, -0.1) is 0 Å². The molecular formula is C21H19F2N5O2. The molecule has 0 aliphatic carbocycles. The summed E-state index contributed by atoms with van der Waals surface area (Å²) in [4.78, 5) is 27.3. The number of methoxy groups -OCH3 is 1. The Labute approximate surface area is 171 Å². The van der Waals surface area contributed by atoms with Crippen LogP contribution in [-0.2, 0) is 0 Å². The Morgan fingerprint density at radius 3 is 2.73 bits per heavy atom. The van der Waals surface area contributed by atoms with Crippen LogP contribution in [0.1, 0.15) is 16.8 Å². The minimum absolute atomic E-state index is 0.0132. The van der Waals surface area contributed by atoms with Gasteiger partial charge in [-0.25, -0.2) is 18.7 Å². The van der Waals surface area contributed by atoms with Gasteiger partial charge in [0.25, 0.3) is 5.91 Å². The third-order valence-corrected chi connectivity index (χ3v) is 4.88. The topological polar surface area (TPSA) is 80.2 Å². The van der Waals surface area contributed by atoms with Crippen molar-refractivity contribution in [1.29, 1.82) is 0 Å². The number of ether oxygens (including phenoxy) is 1. The molecule has 0 radical (unpaired) electrons. The second-order valence-corrected chi connectivity index (χ2v) is 6.85. The number of carbonyl (C=O) groups excluding carboxylic acids is 1. The molecule has 0 saturated carbocycles. The summed E-state index contributed by atoms with van der Waals surface area (Å²) in [7, 11) is 1.30. The van der Waals surface area contributed by atoms with E-state index >= 15 is 0 Å². The molecule has 1 amide bonds. The van der Waals surface area contributed by atoms with Crippen LogP contribution in [0.15, 0.2) is 48.9 Å². The van der Waals surface area contributed by atoms with Crippen LogP contribution in [0.25, 0.3) is 11.3 Å². The molecule has 3 heterocycles. The minimum Gasteiger partial charge on any atom is -0.497 e. The summed E-state index contributed by atoms with van der Waals surface area (Å²) in [5.41, 5.74) is 0.989. The summed E-state index contributed by atoms with van der Waals surface area (Å²) in [6.45, 7) is 1.04. The summed E-state index contributed by atoms with van der Waals surface area (Å²) in [5, 5.41) is 2.69. The fraction of sp³-hybridized carbons (Fsp3) is 0.238. The van der Waals surface area contributed by atoms with Gasteiger partial charge >= 0.3 is 0 Å². The Bertz CT molecular complexity index is 1040. The monoisotopic (exact) mass is 411 g/mol. The zero-order valence-corrected chi connectivity index (χ0v) is 16.2. The Hall–Kier alpha value is -3.62. The number of carbonyl (C=O) groups is 1. The highest BCUT2D eigenvalue weighted by atomic mass is 19.1. The number of pyridine rings is 1. The normalized spacial score (nSPS) is 15.8. The fourth-order valence-corrected chi connectivity index (χ4v) is 3.38. The van der Waals surface area contributed by atoms with E-state index in [2.05, 4.69) is 20.3 Å². The maximum Gasteiger partial charge on any atom is 0.257 e. The summed E-state index contributed by atoms with van der Waals surface area (Å²) >= 11 is 0. The molecule has 9 heteroatoms. The summed E-state index contributed by atoms with van der Waals surface area (Å²) < 4.78 is 33.1. The number of amides is 1. The van der Waals surface area contributed by atoms with Gasteiger partial charge in [-0.3, -0.25) is 9.78 Å². The standard InChI is InChI=1S/C21H19F2N5O2/c1-30-15-9-16(22)19(17(23)10-15)20(29)26-14-5-8-28(12-14)21-25-7-4-18(27-21)13-3-2-6-24-11-13/h2-4,6-7,9-11,14H,5,8,12H2,1H3,(H,26,29). The van der Waals surface area contributed by atoms with Crippen molar-refractivity contribution in [3.63, 3.8) is 0 Å². The molecule has 1 N–H and O–H groups in total. The van der Waals surface area contributed by atoms with Crippen LogP contribution in [0.2, 0.25) is 0 Å². The number of aromatic nitrogens is 3. The van der Waals surface area contributed by atoms with Crippen molar-refractivity contribution in [3.8, 4) is 17.0 Å². The summed E-state index contributed by atoms with van der Waals surface area (Å²) in [6, 6.07) is 7.21. The van der Waals surface area contributed by atoms with Crippen LogP contribution < -0.4 is 15.0 Å². The zero-order valence-electron chi connectivity index (χ0n) is 16.2. The molecule has 1 unspecified atom stereocenters. The molecule has 1 fully saturated rings. The number of anilines is 1. The average Bonchev–Trinajstić information content (AvgIpc) is 3.22. The van der Waals surface area contributed by atoms with Crippen LogP contribution in [0.4, 0.5) is 14.7 Å². The van der Waals surface area contributed by atoms with Gasteiger partial charge in [0.2, 0.25) is 5.95 Å². The number of halogens is 2. The number of hydrogen-bond acceptors (Lipinski definition) is 6. The molecule has 1 aliphatic rings. The molecule has 7 nitrogen and oxygen atoms in total. The highest BCUT2D eigenvalue weighted by Gasteiger charge is 2.28. The van der Waals surface area contributed by atoms with Crippen molar-refractivity contribution >= 4 is 11.9 Å². The maximum absolute atomic E-state index is 14.2. The van der Waals surface area contributed by atoms with Crippen LogP contribution in [0.5, 0.6) is 5.75 Å². The Balaban J connectivity index is 1.45. The van der Waals surface area contributed by atoms with Gasteiger partial charge in [0.1, 0.15) is 22.9 Å². The van der Waals surface area contributed by atoms with E-state index in [1.54, 1.807) is 24.7 Å². The first-order chi connectivity index (χ1) is 14.5. The van der Waals surface area contributed by atoms with E-state index in [9.17, 15) is 13.6 Å². The van der Waals surface area contributed by atoms with E-state index < -0.39 is 23.1 Å². The minimum atomic E-state index is -0.966. The van der Waals surface area contributed by atoms with Crippen molar-refractivity contribution in [2.45, 2.75) is 12.5 Å². The number of benzene rings is 1. The molecule has 1 aliphatic heterocycles. The number of nitrogens with zero attached hydrogens (tertiary/aromatic N) is 4. The molecule has 1 atom stereocenters. The highest BCUT2D eigenvalue weighted by Crippen LogP contribution is 2.23. The van der Waals surface area contributed by atoms with E-state index in [1.165, 1.54) is 7.11 Å². The molecule has 1 aromatic carbocycles. The van der Waals surface area contributed by atoms with Gasteiger partial charge in [0.15, 0.2) is 0 Å². The average molecular weight is 411 g/mol. The van der Waals surface area contributed by atoms with Crippen LogP contribution in [0, 0.1) is 11.6 Å². The lowest BCUT2D eigenvalue weighted by molar-refractivity contribution is 0.0931. The number of hydrogen-bond donors (Lipinski definition) is 1. The molecule has 30 heavy (non-hydrogen) atoms. The second-order valence-electron chi connectivity index (χ2n) is 6.85. The fourth-order valence-electron chi connectivity index (χ4n) is 3.38. The van der Waals surface area contributed by atoms with Gasteiger partial charge in [0.05, 0.1) is 12.8 Å². The largest absolute Gasteiger partial charge is 0.497 e. The lowest BCUT2D eigenvalue weighted by Crippen LogP contribution is -2.38. The predicted octanol–water partition coefficient (Wildman–Crippen LogP) is 2.83. The first kappa shape index (κ1) is 19.7. The summed E-state index contributed by atoms with van der Waals surface area (Å²) in [5.74, 6) is -2.20. The Morgan fingerprint density at radius 1 is 1.23 bits per heavy atom. The third kappa shape index (κ3) is 4.05. The molecule has 0 bridgehead atoms.